The fourth-order valence-corrected chi connectivity index (χ4v) is 5.55. The summed E-state index contributed by atoms with van der Waals surface area (Å²) in [4.78, 5) is 71.7. The van der Waals surface area contributed by atoms with Crippen LogP contribution in [-0.2, 0) is 53.8 Å². The summed E-state index contributed by atoms with van der Waals surface area (Å²) in [6, 6.07) is 15.2. The molecule has 1 heterocycles. The Hall–Kier alpha value is -5.32. The number of hydrogen-bond acceptors (Lipinski definition) is 14. The quantitative estimate of drug-likeness (QED) is 0.0488. The van der Waals surface area contributed by atoms with Gasteiger partial charge >= 0.3 is 29.8 Å². The smallest absolute Gasteiger partial charge is 0.479 e. The van der Waals surface area contributed by atoms with Crippen LogP contribution in [-0.4, -0.2) is 92.0 Å². The second kappa shape index (κ2) is 25.1. The molecule has 0 aliphatic carbocycles. The standard InChI is InChI=1S/C31H35ClN2O10.C9H14ClO4/c1-18(2)24(15-28(36)41-4)30(38)42-17-43-31(39)25(35)14-23(33-29(37)26-16-27(40-3)34-44-26)12-19-8-10-20(11-9-19)21-6-5-7-22(32)13-21;1-6(2)7(4-8(11)13-3)9(12)14-5-10/h5-11,13,16,18,23-25,35H,12,14-15,17H2,1-4H3,(H,33,37);6-7H,3-5H2,1-2H3/q;+1/t23-,24?,25-;7-/m10/s1. The van der Waals surface area contributed by atoms with Crippen LogP contribution in [0.25, 0.3) is 11.1 Å². The summed E-state index contributed by atoms with van der Waals surface area (Å²) in [5.41, 5.74) is 2.66. The Morgan fingerprint density at radius 2 is 1.48 bits per heavy atom. The minimum Gasteiger partial charge on any atom is -0.479 e. The molecule has 2 aromatic carbocycles. The number of rotatable bonds is 20. The van der Waals surface area contributed by atoms with E-state index in [1.807, 2.05) is 56.3 Å². The molecular formula is C40H49Cl2N2O14+. The number of nitrogens with one attached hydrogen (secondary N) is 1. The zero-order chi connectivity index (χ0) is 43.4. The number of nitrogens with zero attached hydrogens (tertiary/aromatic N) is 1. The Morgan fingerprint density at radius 3 is 2.03 bits per heavy atom. The minimum atomic E-state index is -1.68. The number of hydrogen-bond donors (Lipinski definition) is 2. The second-order valence-electron chi connectivity index (χ2n) is 13.4. The molecule has 2 N–H and O–H groups in total. The average Bonchev–Trinajstić information content (AvgIpc) is 3.69. The van der Waals surface area contributed by atoms with Crippen molar-refractivity contribution in [1.82, 2.24) is 10.5 Å². The number of aliphatic hydroxyl groups is 1. The van der Waals surface area contributed by atoms with Crippen LogP contribution in [0.1, 0.15) is 63.1 Å². The molecule has 1 aromatic heterocycles. The molecule has 18 heteroatoms. The van der Waals surface area contributed by atoms with E-state index >= 15 is 0 Å². The van der Waals surface area contributed by atoms with Crippen LogP contribution in [0.4, 0.5) is 0 Å². The summed E-state index contributed by atoms with van der Waals surface area (Å²) in [6.07, 6.45) is -1.91. The number of carbonyl (C=O) groups excluding carboxylic acids is 7. The maximum absolute atomic E-state index is 12.9. The Balaban J connectivity index is 0.000000704. The van der Waals surface area contributed by atoms with Crippen LogP contribution in [0.2, 0.25) is 5.02 Å². The fraction of sp³-hybridized carbons (Fsp3) is 0.450. The molecular weight excluding hydrogens is 803 g/mol. The van der Waals surface area contributed by atoms with Gasteiger partial charge in [0, 0.05) is 22.3 Å². The van der Waals surface area contributed by atoms with Crippen molar-refractivity contribution in [2.24, 2.45) is 23.7 Å². The van der Waals surface area contributed by atoms with Crippen molar-refractivity contribution in [2.45, 2.75) is 65.5 Å². The highest BCUT2D eigenvalue weighted by molar-refractivity contribution is 6.30. The first-order valence-electron chi connectivity index (χ1n) is 17.9. The third-order valence-electron chi connectivity index (χ3n) is 8.61. The Labute approximate surface area is 346 Å². The Bertz CT molecular complexity index is 1830. The lowest BCUT2D eigenvalue weighted by molar-refractivity contribution is -0.369. The van der Waals surface area contributed by atoms with Crippen LogP contribution in [0, 0.1) is 23.7 Å². The number of halogens is 2. The van der Waals surface area contributed by atoms with E-state index in [9.17, 15) is 33.9 Å². The van der Waals surface area contributed by atoms with E-state index in [1.54, 1.807) is 19.9 Å². The fourth-order valence-electron chi connectivity index (χ4n) is 5.26. The lowest BCUT2D eigenvalue weighted by Crippen LogP contribution is -2.41. The summed E-state index contributed by atoms with van der Waals surface area (Å²) in [5, 5.41) is 17.6. The van der Waals surface area contributed by atoms with Gasteiger partial charge in [0.25, 0.3) is 11.8 Å². The third kappa shape index (κ3) is 16.6. The van der Waals surface area contributed by atoms with E-state index in [0.717, 1.165) is 16.7 Å². The average molecular weight is 853 g/mol. The van der Waals surface area contributed by atoms with E-state index in [-0.39, 0.29) is 55.2 Å². The van der Waals surface area contributed by atoms with Crippen molar-refractivity contribution in [1.29, 1.82) is 0 Å². The molecule has 1 unspecified atom stereocenters. The maximum atomic E-state index is 12.9. The molecule has 0 saturated carbocycles. The number of alkyl halides is 1. The Morgan fingerprint density at radius 1 is 0.862 bits per heavy atom. The van der Waals surface area contributed by atoms with Gasteiger partial charge in [-0.15, -0.1) is 0 Å². The van der Waals surface area contributed by atoms with Gasteiger partial charge in [0.05, 0.1) is 38.5 Å². The van der Waals surface area contributed by atoms with Crippen LogP contribution in [0.3, 0.4) is 0 Å². The van der Waals surface area contributed by atoms with Gasteiger partial charge in [0.2, 0.25) is 12.6 Å². The number of amides is 1. The molecule has 0 radical (unpaired) electrons. The van der Waals surface area contributed by atoms with Crippen molar-refractivity contribution < 1.29 is 66.5 Å². The van der Waals surface area contributed by atoms with Crippen molar-refractivity contribution in [3.63, 3.8) is 0 Å². The molecule has 0 fully saturated rings. The maximum Gasteiger partial charge on any atom is 0.580 e. The number of benzene rings is 2. The van der Waals surface area contributed by atoms with Gasteiger partial charge in [-0.25, -0.2) is 4.79 Å². The number of aliphatic hydroxyl groups excluding tert-OH is 1. The van der Waals surface area contributed by atoms with Crippen LogP contribution >= 0.6 is 23.2 Å². The summed E-state index contributed by atoms with van der Waals surface area (Å²) < 4.78 is 33.4. The lowest BCUT2D eigenvalue weighted by Gasteiger charge is -2.21. The normalized spacial score (nSPS) is 12.8. The van der Waals surface area contributed by atoms with Gasteiger partial charge in [-0.05, 0) is 52.2 Å². The SMILES string of the molecule is C=[O+]C(=O)C[C@H](C(=O)OCCl)C(C)C.COC(=O)CC(C(=O)OCOC(=O)[C@H](O)C[C@@H](Cc1ccc(-c2cccc(Cl)c2)cc1)NC(=O)c1cc(OC)no1)C(C)C. The molecule has 1 amide bonds. The predicted molar refractivity (Wildman–Crippen MR) is 209 cm³/mol. The minimum absolute atomic E-state index is 0.00943. The molecule has 0 aliphatic rings. The molecule has 0 spiro atoms. The Kier molecular flexibility index (Phi) is 21.2. The highest BCUT2D eigenvalue weighted by Gasteiger charge is 2.32. The first-order valence-corrected chi connectivity index (χ1v) is 18.9. The van der Waals surface area contributed by atoms with Crippen LogP contribution < -0.4 is 10.1 Å². The lowest BCUT2D eigenvalue weighted by atomic mass is 9.93. The van der Waals surface area contributed by atoms with E-state index in [2.05, 4.69) is 31.2 Å². The summed E-state index contributed by atoms with van der Waals surface area (Å²) in [7, 11) is 2.58. The number of aromatic nitrogens is 1. The predicted octanol–water partition coefficient (Wildman–Crippen LogP) is 5.25. The van der Waals surface area contributed by atoms with E-state index < -0.39 is 66.5 Å². The van der Waals surface area contributed by atoms with Crippen molar-refractivity contribution >= 4 is 65.7 Å². The molecule has 0 aliphatic heterocycles. The van der Waals surface area contributed by atoms with Gasteiger partial charge in [-0.3, -0.25) is 23.6 Å². The number of methoxy groups -OCH3 is 2. The van der Waals surface area contributed by atoms with Crippen molar-refractivity contribution in [3.8, 4) is 17.0 Å². The summed E-state index contributed by atoms with van der Waals surface area (Å²) in [5.74, 6) is -5.65. The molecule has 316 valence electrons. The highest BCUT2D eigenvalue weighted by atomic mass is 35.5. The molecule has 4 atom stereocenters. The zero-order valence-corrected chi connectivity index (χ0v) is 34.6. The number of ether oxygens (including phenoxy) is 5. The van der Waals surface area contributed by atoms with Crippen molar-refractivity contribution in [3.05, 3.63) is 70.9 Å². The molecule has 0 saturated heterocycles. The van der Waals surface area contributed by atoms with Gasteiger partial charge in [0.1, 0.15) is 6.42 Å². The first-order chi connectivity index (χ1) is 27.5. The molecule has 0 bridgehead atoms. The molecule has 3 rings (SSSR count). The van der Waals surface area contributed by atoms with Crippen molar-refractivity contribution in [2.75, 3.05) is 27.1 Å². The zero-order valence-electron chi connectivity index (χ0n) is 33.1. The third-order valence-corrected chi connectivity index (χ3v) is 8.95. The largest absolute Gasteiger partial charge is 0.580 e. The van der Waals surface area contributed by atoms with E-state index in [0.29, 0.717) is 5.02 Å². The highest BCUT2D eigenvalue weighted by Crippen LogP contribution is 2.24. The number of carbonyl (C=O) groups is 6. The van der Waals surface area contributed by atoms with Gasteiger partial charge < -0.3 is 38.6 Å². The van der Waals surface area contributed by atoms with Crippen LogP contribution in [0.15, 0.2) is 59.1 Å². The molecule has 16 nitrogen and oxygen atoms in total. The second-order valence-corrected chi connectivity index (χ2v) is 14.0. The van der Waals surface area contributed by atoms with E-state index in [1.165, 1.54) is 20.3 Å². The van der Waals surface area contributed by atoms with Gasteiger partial charge in [-0.2, -0.15) is 0 Å². The van der Waals surface area contributed by atoms with Gasteiger partial charge in [0.15, 0.2) is 19.0 Å². The first kappa shape index (κ1) is 48.8. The van der Waals surface area contributed by atoms with Crippen LogP contribution in [0.5, 0.6) is 5.88 Å². The monoisotopic (exact) mass is 851 g/mol. The van der Waals surface area contributed by atoms with E-state index in [4.69, 9.17) is 41.9 Å². The summed E-state index contributed by atoms with van der Waals surface area (Å²) >= 11 is 11.4. The molecule has 3 aromatic rings. The molecule has 58 heavy (non-hydrogen) atoms. The number of esters is 4. The summed E-state index contributed by atoms with van der Waals surface area (Å²) in [6.45, 7) is 9.31. The van der Waals surface area contributed by atoms with Gasteiger partial charge in [-0.1, -0.05) is 87.3 Å². The topological polar surface area (TPSA) is 218 Å².